The van der Waals surface area contributed by atoms with Crippen molar-refractivity contribution in [2.45, 2.75) is 19.0 Å². The van der Waals surface area contributed by atoms with Crippen molar-refractivity contribution in [3.63, 3.8) is 0 Å². The number of ether oxygens (including phenoxy) is 1. The number of para-hydroxylation sites is 2. The van der Waals surface area contributed by atoms with Crippen molar-refractivity contribution in [1.29, 1.82) is 0 Å². The average molecular weight is 452 g/mol. The van der Waals surface area contributed by atoms with Gasteiger partial charge in [0.15, 0.2) is 0 Å². The van der Waals surface area contributed by atoms with Crippen LogP contribution >= 0.6 is 0 Å². The Balaban J connectivity index is 1.44. The number of hydrogen-bond donors (Lipinski definition) is 2. The predicted octanol–water partition coefficient (Wildman–Crippen LogP) is 4.69. The first-order valence-corrected chi connectivity index (χ1v) is 11.2. The van der Waals surface area contributed by atoms with Gasteiger partial charge in [0, 0.05) is 47.2 Å². The molecule has 1 amide bonds. The Hall–Kier alpha value is -4.32. The van der Waals surface area contributed by atoms with Crippen molar-refractivity contribution < 1.29 is 14.3 Å². The van der Waals surface area contributed by atoms with Crippen molar-refractivity contribution >= 4 is 33.7 Å². The lowest BCUT2D eigenvalue weighted by Crippen LogP contribution is -2.43. The highest BCUT2D eigenvalue weighted by Crippen LogP contribution is 2.24. The van der Waals surface area contributed by atoms with Gasteiger partial charge < -0.3 is 19.6 Å². The normalized spacial score (nSPS) is 12.0. The fourth-order valence-corrected chi connectivity index (χ4v) is 4.43. The summed E-state index contributed by atoms with van der Waals surface area (Å²) in [5.74, 6) is -0.787. The molecule has 1 unspecified atom stereocenters. The Bertz CT molecular complexity index is 1470. The minimum Gasteiger partial charge on any atom is -0.467 e. The summed E-state index contributed by atoms with van der Waals surface area (Å²) in [7, 11) is 1.34. The number of aromatic nitrogens is 2. The summed E-state index contributed by atoms with van der Waals surface area (Å²) in [6, 6.07) is 25.0. The highest BCUT2D eigenvalue weighted by molar-refractivity contribution is 6.08. The fraction of sp³-hybridized carbons (Fsp3) is 0.143. The summed E-state index contributed by atoms with van der Waals surface area (Å²) in [6.45, 7) is 0.643. The second kappa shape index (κ2) is 9.27. The Morgan fingerprint density at radius 3 is 2.44 bits per heavy atom. The molecule has 6 heteroatoms. The maximum Gasteiger partial charge on any atom is 0.328 e. The molecule has 0 aliphatic rings. The molecular weight excluding hydrogens is 426 g/mol. The summed E-state index contributed by atoms with van der Waals surface area (Å²) in [6.07, 6.45) is 4.05. The SMILES string of the molecule is COC(=O)C(Cc1c[nH]c2ccccc12)NC(=O)c1cn(Cc2ccccc2)c2ccccc12. The van der Waals surface area contributed by atoms with E-state index in [-0.39, 0.29) is 5.91 Å². The first-order valence-electron chi connectivity index (χ1n) is 11.2. The van der Waals surface area contributed by atoms with E-state index in [1.54, 1.807) is 0 Å². The molecule has 0 aliphatic heterocycles. The molecule has 2 N–H and O–H groups in total. The molecule has 0 bridgehead atoms. The fourth-order valence-electron chi connectivity index (χ4n) is 4.43. The van der Waals surface area contributed by atoms with E-state index in [9.17, 15) is 9.59 Å². The van der Waals surface area contributed by atoms with Crippen LogP contribution in [0.2, 0.25) is 0 Å². The summed E-state index contributed by atoms with van der Waals surface area (Å²) < 4.78 is 7.07. The number of amides is 1. The number of esters is 1. The van der Waals surface area contributed by atoms with E-state index < -0.39 is 12.0 Å². The maximum absolute atomic E-state index is 13.4. The second-order valence-electron chi connectivity index (χ2n) is 8.29. The smallest absolute Gasteiger partial charge is 0.328 e. The first kappa shape index (κ1) is 21.5. The number of hydrogen-bond acceptors (Lipinski definition) is 3. The van der Waals surface area contributed by atoms with Crippen molar-refractivity contribution in [1.82, 2.24) is 14.9 Å². The van der Waals surface area contributed by atoms with Crippen LogP contribution in [0, 0.1) is 0 Å². The molecule has 3 aromatic carbocycles. The molecule has 170 valence electrons. The van der Waals surface area contributed by atoms with Gasteiger partial charge in [-0.3, -0.25) is 4.79 Å². The lowest BCUT2D eigenvalue weighted by molar-refractivity contribution is -0.142. The minimum absolute atomic E-state index is 0.307. The van der Waals surface area contributed by atoms with Crippen LogP contribution in [-0.2, 0) is 22.5 Å². The number of rotatable bonds is 7. The van der Waals surface area contributed by atoms with E-state index >= 15 is 0 Å². The Kier molecular flexibility index (Phi) is 5.87. The lowest BCUT2D eigenvalue weighted by Gasteiger charge is -2.16. The molecule has 0 fully saturated rings. The van der Waals surface area contributed by atoms with Crippen LogP contribution in [0.1, 0.15) is 21.5 Å². The standard InChI is InChI=1S/C28H25N3O3/c1-34-28(33)25(15-20-16-29-24-13-7-5-11-21(20)24)30-27(32)23-18-31(17-19-9-3-2-4-10-19)26-14-8-6-12-22(23)26/h2-14,16,18,25,29H,15,17H2,1H3,(H,30,32). The van der Waals surface area contributed by atoms with E-state index in [2.05, 4.69) is 27.0 Å². The number of methoxy groups -OCH3 is 1. The van der Waals surface area contributed by atoms with E-state index in [0.29, 0.717) is 18.5 Å². The highest BCUT2D eigenvalue weighted by atomic mass is 16.5. The van der Waals surface area contributed by atoms with Gasteiger partial charge in [0.2, 0.25) is 0 Å². The van der Waals surface area contributed by atoms with Crippen LogP contribution in [0.3, 0.4) is 0 Å². The topological polar surface area (TPSA) is 76.1 Å². The van der Waals surface area contributed by atoms with Gasteiger partial charge in [-0.05, 0) is 23.3 Å². The van der Waals surface area contributed by atoms with Gasteiger partial charge in [0.25, 0.3) is 5.91 Å². The van der Waals surface area contributed by atoms with Gasteiger partial charge in [-0.15, -0.1) is 0 Å². The average Bonchev–Trinajstić information content (AvgIpc) is 3.45. The molecular formula is C28H25N3O3. The van der Waals surface area contributed by atoms with Crippen LogP contribution < -0.4 is 5.32 Å². The zero-order chi connectivity index (χ0) is 23.5. The number of H-pyrrole nitrogens is 1. The second-order valence-corrected chi connectivity index (χ2v) is 8.29. The van der Waals surface area contributed by atoms with E-state index in [1.165, 1.54) is 7.11 Å². The number of benzene rings is 3. The van der Waals surface area contributed by atoms with Crippen molar-refractivity contribution in [2.75, 3.05) is 7.11 Å². The van der Waals surface area contributed by atoms with Crippen LogP contribution in [-0.4, -0.2) is 34.6 Å². The van der Waals surface area contributed by atoms with Gasteiger partial charge in [-0.1, -0.05) is 66.7 Å². The van der Waals surface area contributed by atoms with E-state index in [1.807, 2.05) is 79.1 Å². The van der Waals surface area contributed by atoms with Crippen molar-refractivity contribution in [3.05, 3.63) is 108 Å². The molecule has 0 saturated heterocycles. The first-order chi connectivity index (χ1) is 16.6. The summed E-state index contributed by atoms with van der Waals surface area (Å²) in [5.41, 5.74) is 4.55. The molecule has 1 atom stereocenters. The Morgan fingerprint density at radius 1 is 0.941 bits per heavy atom. The molecule has 2 aromatic heterocycles. The largest absolute Gasteiger partial charge is 0.467 e. The van der Waals surface area contributed by atoms with Crippen LogP contribution in [0.4, 0.5) is 0 Å². The van der Waals surface area contributed by atoms with Gasteiger partial charge in [0.1, 0.15) is 6.04 Å². The van der Waals surface area contributed by atoms with Crippen molar-refractivity contribution in [3.8, 4) is 0 Å². The number of carbonyl (C=O) groups excluding carboxylic acids is 2. The molecule has 0 radical (unpaired) electrons. The molecule has 0 saturated carbocycles. The third kappa shape index (κ3) is 4.18. The van der Waals surface area contributed by atoms with E-state index in [0.717, 1.165) is 32.9 Å². The van der Waals surface area contributed by atoms with Gasteiger partial charge in [-0.25, -0.2) is 4.79 Å². The number of aromatic amines is 1. The zero-order valence-electron chi connectivity index (χ0n) is 18.8. The maximum atomic E-state index is 13.4. The molecule has 5 aromatic rings. The van der Waals surface area contributed by atoms with E-state index in [4.69, 9.17) is 4.74 Å². The predicted molar refractivity (Wildman–Crippen MR) is 133 cm³/mol. The molecule has 34 heavy (non-hydrogen) atoms. The number of nitrogens with zero attached hydrogens (tertiary/aromatic N) is 1. The summed E-state index contributed by atoms with van der Waals surface area (Å²) in [5, 5.41) is 4.77. The third-order valence-corrected chi connectivity index (χ3v) is 6.12. The number of fused-ring (bicyclic) bond motifs is 2. The van der Waals surface area contributed by atoms with Gasteiger partial charge in [0.05, 0.1) is 12.7 Å². The summed E-state index contributed by atoms with van der Waals surface area (Å²) in [4.78, 5) is 29.2. The monoisotopic (exact) mass is 451 g/mol. The van der Waals surface area contributed by atoms with Crippen LogP contribution in [0.5, 0.6) is 0 Å². The minimum atomic E-state index is -0.812. The third-order valence-electron chi connectivity index (χ3n) is 6.12. The molecule has 0 aliphatic carbocycles. The Labute approximate surface area is 197 Å². The molecule has 5 rings (SSSR count). The lowest BCUT2D eigenvalue weighted by atomic mass is 10.0. The Morgan fingerprint density at radius 2 is 1.65 bits per heavy atom. The van der Waals surface area contributed by atoms with Crippen LogP contribution in [0.25, 0.3) is 21.8 Å². The zero-order valence-corrected chi connectivity index (χ0v) is 18.8. The van der Waals surface area contributed by atoms with Crippen molar-refractivity contribution in [2.24, 2.45) is 0 Å². The molecule has 0 spiro atoms. The van der Waals surface area contributed by atoms with Crippen LogP contribution in [0.15, 0.2) is 91.3 Å². The molecule has 6 nitrogen and oxygen atoms in total. The number of carbonyl (C=O) groups is 2. The number of nitrogens with one attached hydrogen (secondary N) is 2. The molecule has 2 heterocycles. The summed E-state index contributed by atoms with van der Waals surface area (Å²) >= 11 is 0. The highest BCUT2D eigenvalue weighted by Gasteiger charge is 2.25. The quantitative estimate of drug-likeness (QED) is 0.353. The van der Waals surface area contributed by atoms with Gasteiger partial charge >= 0.3 is 5.97 Å². The van der Waals surface area contributed by atoms with Gasteiger partial charge in [-0.2, -0.15) is 0 Å².